The van der Waals surface area contributed by atoms with Crippen LogP contribution in [-0.4, -0.2) is 73.9 Å². The monoisotopic (exact) mass is 524 g/mol. The van der Waals surface area contributed by atoms with Gasteiger partial charge in [-0.25, -0.2) is 4.79 Å². The van der Waals surface area contributed by atoms with E-state index < -0.39 is 28.9 Å². The molecule has 1 aliphatic heterocycles. The summed E-state index contributed by atoms with van der Waals surface area (Å²) in [6.07, 6.45) is 8.79. The van der Waals surface area contributed by atoms with Crippen LogP contribution in [0.4, 0.5) is 4.79 Å². The molecule has 204 valence electrons. The first kappa shape index (κ1) is 28.6. The molecule has 0 spiro atoms. The van der Waals surface area contributed by atoms with E-state index in [4.69, 9.17) is 0 Å². The predicted molar refractivity (Wildman–Crippen MR) is 140 cm³/mol. The van der Waals surface area contributed by atoms with E-state index in [1.807, 2.05) is 20.8 Å². The lowest BCUT2D eigenvalue weighted by Crippen LogP contribution is -2.55. The number of hydrogen-bond acceptors (Lipinski definition) is 5. The summed E-state index contributed by atoms with van der Waals surface area (Å²) < 4.78 is 12.6. The van der Waals surface area contributed by atoms with Gasteiger partial charge in [0.1, 0.15) is 6.04 Å². The van der Waals surface area contributed by atoms with Crippen LogP contribution in [0.5, 0.6) is 0 Å². The number of amides is 4. The molecule has 5 atom stereocenters. The quantitative estimate of drug-likeness (QED) is 0.427. The van der Waals surface area contributed by atoms with Crippen LogP contribution in [0.25, 0.3) is 0 Å². The number of hydrogen-bond donors (Lipinski definition) is 3. The molecule has 0 radical (unpaired) electrons. The average Bonchev–Trinajstić information content (AvgIpc) is 3.28. The second-order valence-corrected chi connectivity index (χ2v) is 14.0. The molecule has 10 heteroatoms. The van der Waals surface area contributed by atoms with Gasteiger partial charge in [0.15, 0.2) is 5.78 Å². The van der Waals surface area contributed by atoms with E-state index in [-0.39, 0.29) is 40.2 Å². The van der Waals surface area contributed by atoms with E-state index in [2.05, 4.69) is 16.0 Å². The number of ketones is 1. The lowest BCUT2D eigenvalue weighted by atomic mass is 9.80. The van der Waals surface area contributed by atoms with Gasteiger partial charge in [-0.05, 0) is 65.7 Å². The van der Waals surface area contributed by atoms with Gasteiger partial charge < -0.3 is 20.9 Å². The lowest BCUT2D eigenvalue weighted by molar-refractivity contribution is -0.138. The summed E-state index contributed by atoms with van der Waals surface area (Å²) in [4.78, 5) is 52.1. The van der Waals surface area contributed by atoms with Gasteiger partial charge in [-0.15, -0.1) is 0 Å². The molecule has 3 aliphatic rings. The second kappa shape index (κ2) is 12.5. The molecular formula is C26H44N4O5S. The van der Waals surface area contributed by atoms with Gasteiger partial charge in [-0.2, -0.15) is 0 Å². The number of urea groups is 1. The Labute approximate surface area is 217 Å². The molecule has 4 amide bonds. The van der Waals surface area contributed by atoms with Crippen molar-refractivity contribution in [1.82, 2.24) is 20.9 Å². The van der Waals surface area contributed by atoms with Crippen molar-refractivity contribution in [3.05, 3.63) is 0 Å². The van der Waals surface area contributed by atoms with Gasteiger partial charge in [0.25, 0.3) is 0 Å². The van der Waals surface area contributed by atoms with Gasteiger partial charge in [-0.3, -0.25) is 18.6 Å². The van der Waals surface area contributed by atoms with E-state index in [1.165, 1.54) is 18.2 Å². The third-order valence-corrected chi connectivity index (χ3v) is 10.1. The molecule has 3 N–H and O–H groups in total. The van der Waals surface area contributed by atoms with E-state index in [0.717, 1.165) is 38.5 Å². The summed E-state index contributed by atoms with van der Waals surface area (Å²) in [5.41, 5.74) is 0. The number of nitrogens with one attached hydrogen (secondary N) is 3. The Morgan fingerprint density at radius 1 is 0.972 bits per heavy atom. The van der Waals surface area contributed by atoms with Gasteiger partial charge in [-0.1, -0.05) is 32.1 Å². The molecule has 3 rings (SSSR count). The molecule has 3 fully saturated rings. The molecule has 9 nitrogen and oxygen atoms in total. The van der Waals surface area contributed by atoms with Crippen molar-refractivity contribution in [3.63, 3.8) is 0 Å². The molecule has 0 aromatic rings. The summed E-state index contributed by atoms with van der Waals surface area (Å²) >= 11 is 0. The molecule has 1 saturated heterocycles. The highest BCUT2D eigenvalue weighted by atomic mass is 32.2. The van der Waals surface area contributed by atoms with Crippen molar-refractivity contribution in [2.45, 2.75) is 120 Å². The summed E-state index contributed by atoms with van der Waals surface area (Å²) in [5.74, 6) is -0.190. The lowest BCUT2D eigenvalue weighted by Gasteiger charge is -2.35. The first-order chi connectivity index (χ1) is 17.0. The maximum absolute atomic E-state index is 13.0. The SMILES string of the molecule is CC(=O)C(CC1CCC1)NC(=O)C1CCCN1C(=O)CNC(=O)NC1CCCCC1S(=O)C(C)(C)C. The fourth-order valence-corrected chi connectivity index (χ4v) is 7.23. The number of Topliss-reactive ketones (excluding diaryl/α,β-unsaturated/α-hetero) is 1. The zero-order chi connectivity index (χ0) is 26.5. The van der Waals surface area contributed by atoms with E-state index in [0.29, 0.717) is 31.7 Å². The first-order valence-electron chi connectivity index (χ1n) is 13.5. The Hall–Kier alpha value is -1.97. The smallest absolute Gasteiger partial charge is 0.315 e. The zero-order valence-electron chi connectivity index (χ0n) is 22.3. The maximum Gasteiger partial charge on any atom is 0.315 e. The van der Waals surface area contributed by atoms with E-state index in [1.54, 1.807) is 0 Å². The van der Waals surface area contributed by atoms with Crippen molar-refractivity contribution in [2.75, 3.05) is 13.1 Å². The normalized spacial score (nSPS) is 26.4. The van der Waals surface area contributed by atoms with Crippen LogP contribution in [0.1, 0.15) is 91.9 Å². The van der Waals surface area contributed by atoms with Crippen molar-refractivity contribution >= 4 is 34.4 Å². The molecule has 0 aromatic carbocycles. The molecule has 0 bridgehead atoms. The topological polar surface area (TPSA) is 125 Å². The average molecular weight is 525 g/mol. The third-order valence-electron chi connectivity index (χ3n) is 7.77. The van der Waals surface area contributed by atoms with Gasteiger partial charge >= 0.3 is 6.03 Å². The minimum atomic E-state index is -1.09. The zero-order valence-corrected chi connectivity index (χ0v) is 23.1. The summed E-state index contributed by atoms with van der Waals surface area (Å²) in [6.45, 7) is 7.57. The summed E-state index contributed by atoms with van der Waals surface area (Å²) in [5, 5.41) is 8.35. The highest BCUT2D eigenvalue weighted by molar-refractivity contribution is 7.87. The minimum absolute atomic E-state index is 0.0575. The molecule has 1 heterocycles. The third kappa shape index (κ3) is 7.52. The molecule has 36 heavy (non-hydrogen) atoms. The predicted octanol–water partition coefficient (Wildman–Crippen LogP) is 2.40. The number of nitrogens with zero attached hydrogens (tertiary/aromatic N) is 1. The number of rotatable bonds is 9. The molecule has 0 aromatic heterocycles. The molecule has 2 saturated carbocycles. The number of likely N-dealkylation sites (tertiary alicyclic amines) is 1. The van der Waals surface area contributed by atoms with E-state index in [9.17, 15) is 23.4 Å². The van der Waals surface area contributed by atoms with Crippen molar-refractivity contribution in [2.24, 2.45) is 5.92 Å². The van der Waals surface area contributed by atoms with Crippen molar-refractivity contribution < 1.29 is 23.4 Å². The Morgan fingerprint density at radius 2 is 1.67 bits per heavy atom. The Balaban J connectivity index is 1.50. The standard InChI is InChI=1S/C26H44N4O5S/c1-17(31)20(15-18-9-7-10-18)28-24(33)21-12-8-14-30(21)23(32)16-27-25(34)29-19-11-5-6-13-22(19)36(35)26(2,3)4/h18-22H,5-16H2,1-4H3,(H,28,33)(H2,27,29,34). The van der Waals surface area contributed by atoms with Crippen LogP contribution < -0.4 is 16.0 Å². The molecule has 2 aliphatic carbocycles. The van der Waals surface area contributed by atoms with Crippen molar-refractivity contribution in [3.8, 4) is 0 Å². The van der Waals surface area contributed by atoms with Crippen LogP contribution in [0, 0.1) is 5.92 Å². The van der Waals surface area contributed by atoms with Gasteiger partial charge in [0, 0.05) is 28.1 Å². The number of carbonyl (C=O) groups is 4. The number of carbonyl (C=O) groups excluding carboxylic acids is 4. The Morgan fingerprint density at radius 3 is 2.28 bits per heavy atom. The fourth-order valence-electron chi connectivity index (χ4n) is 5.44. The largest absolute Gasteiger partial charge is 0.345 e. The van der Waals surface area contributed by atoms with Crippen LogP contribution in [0.15, 0.2) is 0 Å². The molecular weight excluding hydrogens is 480 g/mol. The summed E-state index contributed by atoms with van der Waals surface area (Å²) in [7, 11) is -1.09. The highest BCUT2D eigenvalue weighted by Gasteiger charge is 2.38. The Bertz CT molecular complexity index is 854. The Kier molecular flexibility index (Phi) is 9.94. The first-order valence-corrected chi connectivity index (χ1v) is 14.7. The van der Waals surface area contributed by atoms with Crippen LogP contribution in [0.3, 0.4) is 0 Å². The van der Waals surface area contributed by atoms with Crippen LogP contribution in [0.2, 0.25) is 0 Å². The molecule has 5 unspecified atom stereocenters. The second-order valence-electron chi connectivity index (χ2n) is 11.6. The fraction of sp³-hybridized carbons (Fsp3) is 0.846. The van der Waals surface area contributed by atoms with Crippen LogP contribution >= 0.6 is 0 Å². The summed E-state index contributed by atoms with van der Waals surface area (Å²) in [6, 6.07) is -1.78. The highest BCUT2D eigenvalue weighted by Crippen LogP contribution is 2.31. The van der Waals surface area contributed by atoms with Crippen molar-refractivity contribution in [1.29, 1.82) is 0 Å². The minimum Gasteiger partial charge on any atom is -0.345 e. The van der Waals surface area contributed by atoms with Crippen LogP contribution in [-0.2, 0) is 25.2 Å². The van der Waals surface area contributed by atoms with Gasteiger partial charge in [0.05, 0.1) is 17.8 Å². The van der Waals surface area contributed by atoms with Gasteiger partial charge in [0.2, 0.25) is 11.8 Å². The van der Waals surface area contributed by atoms with E-state index >= 15 is 0 Å². The maximum atomic E-state index is 13.0.